The maximum atomic E-state index is 10.8. The summed E-state index contributed by atoms with van der Waals surface area (Å²) in [5.41, 5.74) is 0. The first-order valence-electron chi connectivity index (χ1n) is 4.11. The van der Waals surface area contributed by atoms with Crippen LogP contribution in [0.5, 0.6) is 0 Å². The van der Waals surface area contributed by atoms with Gasteiger partial charge in [-0.1, -0.05) is 0 Å². The SMILES string of the molecule is CC(=O)OC(=O)OC(=O)C(=O)OC(=O)OC(C)=O. The van der Waals surface area contributed by atoms with Gasteiger partial charge in [0.15, 0.2) is 0 Å². The summed E-state index contributed by atoms with van der Waals surface area (Å²) < 4.78 is 14.8. The first-order chi connectivity index (χ1) is 8.22. The number of rotatable bonds is 0. The molecule has 0 aromatic carbocycles. The Kier molecular flexibility index (Phi) is 5.69. The number of carbonyl (C=O) groups excluding carboxylic acids is 6. The Morgan fingerprint density at radius 2 is 0.833 bits per heavy atom. The van der Waals surface area contributed by atoms with Gasteiger partial charge in [0.05, 0.1) is 0 Å². The van der Waals surface area contributed by atoms with Crippen LogP contribution in [0.1, 0.15) is 13.8 Å². The van der Waals surface area contributed by atoms with E-state index in [1.807, 2.05) is 0 Å². The predicted molar refractivity (Wildman–Crippen MR) is 46.5 cm³/mol. The van der Waals surface area contributed by atoms with E-state index in [0.717, 1.165) is 13.8 Å². The molecule has 0 saturated carbocycles. The number of hydrogen-bond donors (Lipinski definition) is 0. The van der Waals surface area contributed by atoms with Crippen LogP contribution in [0.25, 0.3) is 0 Å². The largest absolute Gasteiger partial charge is 0.524 e. The number of ether oxygens (including phenoxy) is 4. The average molecular weight is 262 g/mol. The van der Waals surface area contributed by atoms with E-state index in [0.29, 0.717) is 0 Å². The third-order valence-corrected chi connectivity index (χ3v) is 0.973. The van der Waals surface area contributed by atoms with Crippen LogP contribution < -0.4 is 0 Å². The smallest absolute Gasteiger partial charge is 0.360 e. The quantitative estimate of drug-likeness (QED) is 0.317. The molecule has 0 heterocycles. The summed E-state index contributed by atoms with van der Waals surface area (Å²) in [4.78, 5) is 63.1. The Hall–Kier alpha value is -2.78. The van der Waals surface area contributed by atoms with Crippen molar-refractivity contribution in [2.75, 3.05) is 0 Å². The maximum Gasteiger partial charge on any atom is 0.524 e. The van der Waals surface area contributed by atoms with Crippen LogP contribution in [0.15, 0.2) is 0 Å². The molecule has 0 saturated heterocycles. The zero-order valence-electron chi connectivity index (χ0n) is 9.08. The van der Waals surface area contributed by atoms with Crippen LogP contribution in [-0.4, -0.2) is 36.2 Å². The van der Waals surface area contributed by atoms with Crippen LogP contribution in [0.2, 0.25) is 0 Å². The highest BCUT2D eigenvalue weighted by Crippen LogP contribution is 1.93. The molecule has 18 heavy (non-hydrogen) atoms. The second-order valence-electron chi connectivity index (χ2n) is 2.47. The molecule has 98 valence electrons. The van der Waals surface area contributed by atoms with E-state index < -0.39 is 36.2 Å². The van der Waals surface area contributed by atoms with Crippen LogP contribution in [0, 0.1) is 0 Å². The van der Waals surface area contributed by atoms with Gasteiger partial charge in [-0.15, -0.1) is 0 Å². The van der Waals surface area contributed by atoms with Gasteiger partial charge in [0.1, 0.15) is 0 Å². The van der Waals surface area contributed by atoms with Gasteiger partial charge in [0.25, 0.3) is 0 Å². The van der Waals surface area contributed by atoms with Crippen molar-refractivity contribution in [3.8, 4) is 0 Å². The van der Waals surface area contributed by atoms with Crippen molar-refractivity contribution < 1.29 is 47.7 Å². The Morgan fingerprint density at radius 1 is 0.556 bits per heavy atom. The zero-order chi connectivity index (χ0) is 14.3. The van der Waals surface area contributed by atoms with Crippen molar-refractivity contribution >= 4 is 36.2 Å². The summed E-state index contributed by atoms with van der Waals surface area (Å²) in [5, 5.41) is 0. The average Bonchev–Trinajstić information content (AvgIpc) is 2.13. The van der Waals surface area contributed by atoms with Gasteiger partial charge in [-0.2, -0.15) is 0 Å². The lowest BCUT2D eigenvalue weighted by Crippen LogP contribution is -2.27. The molecule has 0 atom stereocenters. The molecule has 0 fully saturated rings. The molecule has 0 aliphatic carbocycles. The fourth-order valence-corrected chi connectivity index (χ4v) is 0.511. The Morgan fingerprint density at radius 3 is 1.06 bits per heavy atom. The van der Waals surface area contributed by atoms with Gasteiger partial charge < -0.3 is 18.9 Å². The molecule has 0 aromatic heterocycles. The predicted octanol–water partition coefficient (Wildman–Crippen LogP) is -0.561. The minimum atomic E-state index is -1.93. The molecule has 0 aliphatic heterocycles. The summed E-state index contributed by atoms with van der Waals surface area (Å²) >= 11 is 0. The minimum absolute atomic E-state index is 0.842. The normalized spacial score (nSPS) is 8.78. The highest BCUT2D eigenvalue weighted by Gasteiger charge is 2.26. The van der Waals surface area contributed by atoms with Gasteiger partial charge in [0, 0.05) is 13.8 Å². The van der Waals surface area contributed by atoms with E-state index in [1.165, 1.54) is 0 Å². The molecule has 10 nitrogen and oxygen atoms in total. The van der Waals surface area contributed by atoms with Crippen molar-refractivity contribution in [3.63, 3.8) is 0 Å². The standard InChI is InChI=1S/C8H6O10/c1-3(9)15-7(13)17-5(11)6(12)18-8(14)16-4(2)10/h1-2H3. The van der Waals surface area contributed by atoms with E-state index >= 15 is 0 Å². The number of carbonyl (C=O) groups is 6. The van der Waals surface area contributed by atoms with E-state index in [1.54, 1.807) is 0 Å². The van der Waals surface area contributed by atoms with Crippen LogP contribution in [-0.2, 0) is 38.1 Å². The molecule has 0 N–H and O–H groups in total. The first kappa shape index (κ1) is 15.2. The van der Waals surface area contributed by atoms with Gasteiger partial charge >= 0.3 is 36.2 Å². The van der Waals surface area contributed by atoms with Gasteiger partial charge in [-0.05, 0) is 0 Å². The van der Waals surface area contributed by atoms with Crippen LogP contribution in [0.4, 0.5) is 9.59 Å². The topological polar surface area (TPSA) is 139 Å². The van der Waals surface area contributed by atoms with Crippen LogP contribution >= 0.6 is 0 Å². The summed E-state index contributed by atoms with van der Waals surface area (Å²) in [5.74, 6) is -6.03. The van der Waals surface area contributed by atoms with Crippen molar-refractivity contribution in [1.82, 2.24) is 0 Å². The first-order valence-corrected chi connectivity index (χ1v) is 4.11. The second-order valence-corrected chi connectivity index (χ2v) is 2.47. The Balaban J connectivity index is 4.23. The van der Waals surface area contributed by atoms with E-state index in [4.69, 9.17) is 0 Å². The summed E-state index contributed by atoms with van der Waals surface area (Å²) in [6.45, 7) is 1.68. The van der Waals surface area contributed by atoms with Crippen LogP contribution in [0.3, 0.4) is 0 Å². The molecule has 0 amide bonds. The van der Waals surface area contributed by atoms with Gasteiger partial charge in [0.2, 0.25) is 0 Å². The second kappa shape index (κ2) is 6.73. The Labute approximate surface area is 98.7 Å². The molecule has 0 rings (SSSR count). The third-order valence-electron chi connectivity index (χ3n) is 0.973. The lowest BCUT2D eigenvalue weighted by molar-refractivity contribution is -0.164. The molecule has 10 heteroatoms. The van der Waals surface area contributed by atoms with Gasteiger partial charge in [-0.3, -0.25) is 9.59 Å². The fraction of sp³-hybridized carbons (Fsp3) is 0.250. The summed E-state index contributed by atoms with van der Waals surface area (Å²) in [7, 11) is 0. The molecular formula is C8H6O10. The summed E-state index contributed by atoms with van der Waals surface area (Å²) in [6.07, 6.45) is -3.55. The lowest BCUT2D eigenvalue weighted by atomic mass is 10.7. The molecule has 0 aliphatic rings. The maximum absolute atomic E-state index is 10.8. The molecule has 0 aromatic rings. The zero-order valence-corrected chi connectivity index (χ0v) is 9.08. The van der Waals surface area contributed by atoms with Crippen molar-refractivity contribution in [2.45, 2.75) is 13.8 Å². The minimum Gasteiger partial charge on any atom is -0.360 e. The van der Waals surface area contributed by atoms with Gasteiger partial charge in [-0.25, -0.2) is 19.2 Å². The molecule has 0 radical (unpaired) electrons. The lowest BCUT2D eigenvalue weighted by Gasteiger charge is -2.01. The van der Waals surface area contributed by atoms with Crippen molar-refractivity contribution in [3.05, 3.63) is 0 Å². The molecule has 0 unspecified atom stereocenters. The van der Waals surface area contributed by atoms with E-state index in [9.17, 15) is 28.8 Å². The van der Waals surface area contributed by atoms with E-state index in [2.05, 4.69) is 18.9 Å². The molecule has 0 bridgehead atoms. The van der Waals surface area contributed by atoms with Crippen molar-refractivity contribution in [2.24, 2.45) is 0 Å². The highest BCUT2D eigenvalue weighted by atomic mass is 16.8. The molecule has 0 spiro atoms. The number of hydrogen-bond acceptors (Lipinski definition) is 10. The van der Waals surface area contributed by atoms with Crippen molar-refractivity contribution in [1.29, 1.82) is 0 Å². The Bertz CT molecular complexity index is 380. The number of esters is 4. The highest BCUT2D eigenvalue weighted by molar-refractivity contribution is 6.33. The molecular weight excluding hydrogens is 256 g/mol. The van der Waals surface area contributed by atoms with E-state index in [-0.39, 0.29) is 0 Å². The third kappa shape index (κ3) is 6.66. The fourth-order valence-electron chi connectivity index (χ4n) is 0.511. The summed E-state index contributed by atoms with van der Waals surface area (Å²) in [6, 6.07) is 0. The monoisotopic (exact) mass is 262 g/mol.